The zero-order chi connectivity index (χ0) is 18.2. The Labute approximate surface area is 149 Å². The molecular weight excluding hydrogens is 322 g/mol. The second kappa shape index (κ2) is 9.29. The number of nitrogens with zero attached hydrogens (tertiary/aromatic N) is 4. The summed E-state index contributed by atoms with van der Waals surface area (Å²) in [6, 6.07) is 0. The summed E-state index contributed by atoms with van der Waals surface area (Å²) in [4.78, 5) is 20.5. The van der Waals surface area contributed by atoms with Crippen molar-refractivity contribution in [2.45, 2.75) is 34.1 Å². The number of hydrogen-bond acceptors (Lipinski definition) is 5. The lowest BCUT2D eigenvalue weighted by molar-refractivity contribution is 0.0914. The van der Waals surface area contributed by atoms with Gasteiger partial charge in [0.2, 0.25) is 0 Å². The molecule has 140 valence electrons. The Kier molecular flexibility index (Phi) is 7.09. The molecule has 1 N–H and O–H groups in total. The molecule has 1 aliphatic rings. The van der Waals surface area contributed by atoms with E-state index in [1.807, 2.05) is 20.8 Å². The molecule has 1 saturated heterocycles. The maximum Gasteiger partial charge on any atom is 0.409 e. The van der Waals surface area contributed by atoms with E-state index in [-0.39, 0.29) is 6.09 Å². The first-order chi connectivity index (χ1) is 12.1. The van der Waals surface area contributed by atoms with Gasteiger partial charge in [0, 0.05) is 44.8 Å². The lowest BCUT2D eigenvalue weighted by Gasteiger charge is -2.35. The predicted octanol–water partition coefficient (Wildman–Crippen LogP) is 1.57. The maximum atomic E-state index is 11.8. The van der Waals surface area contributed by atoms with E-state index in [1.54, 1.807) is 4.90 Å². The van der Waals surface area contributed by atoms with Crippen molar-refractivity contribution in [1.82, 2.24) is 20.3 Å². The van der Waals surface area contributed by atoms with Crippen LogP contribution in [0.4, 0.5) is 4.79 Å². The van der Waals surface area contributed by atoms with Crippen LogP contribution in [0.15, 0.2) is 9.52 Å². The smallest absolute Gasteiger partial charge is 0.409 e. The molecule has 2 rings (SSSR count). The standard InChI is InChI=1S/C17H29N5O3/c1-5-18-16(19-8-7-15-13(3)20-25-14(15)4)21-9-11-22(12-10-21)17(23)24-6-2/h5-12H2,1-4H3,(H,18,19). The van der Waals surface area contributed by atoms with Gasteiger partial charge in [-0.1, -0.05) is 5.16 Å². The van der Waals surface area contributed by atoms with Crippen molar-refractivity contribution < 1.29 is 14.1 Å². The van der Waals surface area contributed by atoms with Gasteiger partial charge in [-0.15, -0.1) is 0 Å². The van der Waals surface area contributed by atoms with Crippen molar-refractivity contribution in [1.29, 1.82) is 0 Å². The molecule has 1 amide bonds. The van der Waals surface area contributed by atoms with Crippen LogP contribution in [-0.2, 0) is 11.2 Å². The van der Waals surface area contributed by atoms with Crippen LogP contribution in [0.5, 0.6) is 0 Å². The lowest BCUT2D eigenvalue weighted by Crippen LogP contribution is -2.54. The highest BCUT2D eigenvalue weighted by molar-refractivity contribution is 5.80. The van der Waals surface area contributed by atoms with Crippen molar-refractivity contribution in [3.05, 3.63) is 17.0 Å². The van der Waals surface area contributed by atoms with Crippen molar-refractivity contribution in [3.8, 4) is 0 Å². The number of carbonyl (C=O) groups excluding carboxylic acids is 1. The van der Waals surface area contributed by atoms with Crippen LogP contribution in [0, 0.1) is 13.8 Å². The SMILES string of the molecule is CCNC(=NCCc1c(C)noc1C)N1CCN(C(=O)OCC)CC1. The zero-order valence-corrected chi connectivity index (χ0v) is 15.7. The molecule has 8 nitrogen and oxygen atoms in total. The number of carbonyl (C=O) groups is 1. The summed E-state index contributed by atoms with van der Waals surface area (Å²) in [7, 11) is 0. The molecule has 0 bridgehead atoms. The Morgan fingerprint density at radius 1 is 1.24 bits per heavy atom. The molecule has 8 heteroatoms. The van der Waals surface area contributed by atoms with Crippen LogP contribution in [0.25, 0.3) is 0 Å². The highest BCUT2D eigenvalue weighted by atomic mass is 16.6. The number of ether oxygens (including phenoxy) is 1. The molecule has 0 spiro atoms. The number of hydrogen-bond donors (Lipinski definition) is 1. The van der Waals surface area contributed by atoms with Crippen LogP contribution in [0.3, 0.4) is 0 Å². The fourth-order valence-corrected chi connectivity index (χ4v) is 2.87. The molecule has 1 aromatic rings. The third-order valence-corrected chi connectivity index (χ3v) is 4.24. The van der Waals surface area contributed by atoms with E-state index >= 15 is 0 Å². The molecular formula is C17H29N5O3. The second-order valence-electron chi connectivity index (χ2n) is 5.96. The quantitative estimate of drug-likeness (QED) is 0.640. The monoisotopic (exact) mass is 351 g/mol. The predicted molar refractivity (Wildman–Crippen MR) is 95.8 cm³/mol. The van der Waals surface area contributed by atoms with Gasteiger partial charge in [-0.25, -0.2) is 4.79 Å². The Morgan fingerprint density at radius 3 is 2.48 bits per heavy atom. The van der Waals surface area contributed by atoms with E-state index in [4.69, 9.17) is 14.3 Å². The normalized spacial score (nSPS) is 15.4. The highest BCUT2D eigenvalue weighted by Gasteiger charge is 2.23. The van der Waals surface area contributed by atoms with Gasteiger partial charge in [0.25, 0.3) is 0 Å². The van der Waals surface area contributed by atoms with Crippen LogP contribution in [-0.4, -0.2) is 72.9 Å². The third kappa shape index (κ3) is 5.11. The number of amides is 1. The molecule has 0 aromatic carbocycles. The summed E-state index contributed by atoms with van der Waals surface area (Å²) >= 11 is 0. The Bertz CT molecular complexity index is 572. The Balaban J connectivity index is 1.91. The van der Waals surface area contributed by atoms with E-state index in [1.165, 1.54) is 0 Å². The first kappa shape index (κ1) is 19.1. The summed E-state index contributed by atoms with van der Waals surface area (Å²) in [5.74, 6) is 1.75. The van der Waals surface area contributed by atoms with Gasteiger partial charge in [0.15, 0.2) is 5.96 Å². The Hall–Kier alpha value is -2.25. The summed E-state index contributed by atoms with van der Waals surface area (Å²) in [6.07, 6.45) is 0.571. The van der Waals surface area contributed by atoms with E-state index in [0.29, 0.717) is 26.2 Å². The minimum atomic E-state index is -0.234. The van der Waals surface area contributed by atoms with E-state index in [2.05, 4.69) is 22.3 Å². The molecule has 1 aromatic heterocycles. The fourth-order valence-electron chi connectivity index (χ4n) is 2.87. The van der Waals surface area contributed by atoms with Crippen molar-refractivity contribution in [3.63, 3.8) is 0 Å². The minimum Gasteiger partial charge on any atom is -0.450 e. The van der Waals surface area contributed by atoms with Crippen LogP contribution in [0.1, 0.15) is 30.9 Å². The largest absolute Gasteiger partial charge is 0.450 e. The van der Waals surface area contributed by atoms with Crippen molar-refractivity contribution >= 4 is 12.1 Å². The minimum absolute atomic E-state index is 0.234. The second-order valence-corrected chi connectivity index (χ2v) is 5.96. The summed E-state index contributed by atoms with van der Waals surface area (Å²) < 4.78 is 10.3. The van der Waals surface area contributed by atoms with Gasteiger partial charge in [-0.3, -0.25) is 4.99 Å². The van der Waals surface area contributed by atoms with Crippen molar-refractivity contribution in [2.75, 3.05) is 45.9 Å². The number of aliphatic imine (C=N–C) groups is 1. The number of aryl methyl sites for hydroxylation is 2. The number of piperazine rings is 1. The molecule has 0 saturated carbocycles. The molecule has 2 heterocycles. The topological polar surface area (TPSA) is 83.2 Å². The van der Waals surface area contributed by atoms with Gasteiger partial charge < -0.3 is 24.4 Å². The van der Waals surface area contributed by atoms with Crippen molar-refractivity contribution in [2.24, 2.45) is 4.99 Å². The van der Waals surface area contributed by atoms with Gasteiger partial charge in [0.1, 0.15) is 5.76 Å². The first-order valence-electron chi connectivity index (χ1n) is 8.93. The molecule has 1 fully saturated rings. The zero-order valence-electron chi connectivity index (χ0n) is 15.7. The third-order valence-electron chi connectivity index (χ3n) is 4.24. The van der Waals surface area contributed by atoms with E-state index < -0.39 is 0 Å². The fraction of sp³-hybridized carbons (Fsp3) is 0.706. The Morgan fingerprint density at radius 2 is 1.92 bits per heavy atom. The average Bonchev–Trinajstić information content (AvgIpc) is 2.93. The summed E-state index contributed by atoms with van der Waals surface area (Å²) in [5.41, 5.74) is 2.06. The highest BCUT2D eigenvalue weighted by Crippen LogP contribution is 2.13. The van der Waals surface area contributed by atoms with Gasteiger partial charge >= 0.3 is 6.09 Å². The van der Waals surface area contributed by atoms with Gasteiger partial charge in [-0.2, -0.15) is 0 Å². The number of aromatic nitrogens is 1. The van der Waals surface area contributed by atoms with Crippen LogP contribution in [0.2, 0.25) is 0 Å². The van der Waals surface area contributed by atoms with Gasteiger partial charge in [0.05, 0.1) is 12.3 Å². The number of guanidine groups is 1. The van der Waals surface area contributed by atoms with E-state index in [0.717, 1.165) is 49.0 Å². The molecule has 1 aliphatic heterocycles. The van der Waals surface area contributed by atoms with Crippen LogP contribution < -0.4 is 5.32 Å². The maximum absolute atomic E-state index is 11.8. The number of rotatable bonds is 5. The number of nitrogens with one attached hydrogen (secondary N) is 1. The summed E-state index contributed by atoms with van der Waals surface area (Å²) in [6.45, 7) is 12.4. The van der Waals surface area contributed by atoms with Gasteiger partial charge in [-0.05, 0) is 34.1 Å². The molecule has 0 atom stereocenters. The molecule has 0 aliphatic carbocycles. The lowest BCUT2D eigenvalue weighted by atomic mass is 10.1. The average molecular weight is 351 g/mol. The molecule has 0 radical (unpaired) electrons. The van der Waals surface area contributed by atoms with Crippen LogP contribution >= 0.6 is 0 Å². The first-order valence-corrected chi connectivity index (χ1v) is 8.93. The molecule has 0 unspecified atom stereocenters. The van der Waals surface area contributed by atoms with E-state index in [9.17, 15) is 4.79 Å². The summed E-state index contributed by atoms with van der Waals surface area (Å²) in [5, 5.41) is 7.31. The molecule has 25 heavy (non-hydrogen) atoms.